The normalized spacial score (nSPS) is 15.2. The van der Waals surface area contributed by atoms with Gasteiger partial charge in [-0.2, -0.15) is 28.1 Å². The Labute approximate surface area is 293 Å². The smallest absolute Gasteiger partial charge is 0.422 e. The topological polar surface area (TPSA) is 159 Å². The fraction of sp³-hybridized carbons (Fsp3) is 0.294. The number of hydrogen-bond acceptors (Lipinski definition) is 9. The highest BCUT2D eigenvalue weighted by Crippen LogP contribution is 2.48. The molecule has 4 aromatic rings. The highest BCUT2D eigenvalue weighted by atomic mass is 35.5. The van der Waals surface area contributed by atoms with Crippen molar-refractivity contribution in [3.05, 3.63) is 94.8 Å². The minimum atomic E-state index is -4.61. The first kappa shape index (κ1) is 35.3. The van der Waals surface area contributed by atoms with Crippen LogP contribution < -0.4 is 31.3 Å². The molecule has 1 heterocycles. The van der Waals surface area contributed by atoms with Crippen LogP contribution in [0.4, 0.5) is 40.8 Å². The molecule has 51 heavy (non-hydrogen) atoms. The van der Waals surface area contributed by atoms with Gasteiger partial charge in [-0.1, -0.05) is 29.8 Å². The molecular weight excluding hydrogens is 696 g/mol. The number of aromatic nitrogens is 3. The number of rotatable bonds is 13. The summed E-state index contributed by atoms with van der Waals surface area (Å²) in [5.74, 6) is -2.83. The summed E-state index contributed by atoms with van der Waals surface area (Å²) >= 11 is 6.02. The number of nitrogens with zero attached hydrogens (tertiary/aromatic N) is 3. The van der Waals surface area contributed by atoms with Crippen LogP contribution in [0.5, 0.6) is 6.01 Å². The standard InChI is InChI=1S/C34H31ClF4N8O4/c35-22-8-6-21(7-9-22)33(14-15-33)47-30-44-29(45-31(46-30)51-19-34(37,38)39)43-24-10-4-20(5-11-24)26(48)40-17-32(12-13-32)18-41-27(49)28(50)42-25-3-1-2-23(36)16-25/h1-11,16H,12-15,17-19H2,(H,40,48)(H,41,49)(H,42,50)(H2,43,44,45,46,47). The summed E-state index contributed by atoms with van der Waals surface area (Å²) in [5, 5.41) is 14.4. The number of carbonyl (C=O) groups is 3. The van der Waals surface area contributed by atoms with E-state index in [0.29, 0.717) is 16.3 Å². The molecule has 6 rings (SSSR count). The van der Waals surface area contributed by atoms with Gasteiger partial charge in [-0.15, -0.1) is 0 Å². The first-order valence-electron chi connectivity index (χ1n) is 15.8. The van der Waals surface area contributed by atoms with Crippen LogP contribution >= 0.6 is 11.6 Å². The first-order chi connectivity index (χ1) is 24.3. The molecule has 5 N–H and O–H groups in total. The van der Waals surface area contributed by atoms with Crippen molar-refractivity contribution in [1.82, 2.24) is 25.6 Å². The van der Waals surface area contributed by atoms with Gasteiger partial charge in [0.25, 0.3) is 5.91 Å². The molecule has 17 heteroatoms. The fourth-order valence-electron chi connectivity index (χ4n) is 5.17. The quantitative estimate of drug-likeness (QED) is 0.0859. The third-order valence-electron chi connectivity index (χ3n) is 8.37. The van der Waals surface area contributed by atoms with E-state index < -0.39 is 47.4 Å². The maximum atomic E-state index is 13.4. The summed E-state index contributed by atoms with van der Waals surface area (Å²) in [5.41, 5.74) is 0.882. The van der Waals surface area contributed by atoms with Crippen molar-refractivity contribution >= 4 is 52.6 Å². The van der Waals surface area contributed by atoms with Crippen molar-refractivity contribution in [2.24, 2.45) is 5.41 Å². The van der Waals surface area contributed by atoms with Gasteiger partial charge in [-0.25, -0.2) is 4.39 Å². The summed E-state index contributed by atoms with van der Waals surface area (Å²) in [4.78, 5) is 49.8. The lowest BCUT2D eigenvalue weighted by atomic mass is 10.1. The molecule has 0 radical (unpaired) electrons. The number of halogens is 5. The molecule has 2 aliphatic carbocycles. The van der Waals surface area contributed by atoms with Crippen molar-refractivity contribution < 1.29 is 36.7 Å². The van der Waals surface area contributed by atoms with E-state index in [4.69, 9.17) is 16.3 Å². The highest BCUT2D eigenvalue weighted by Gasteiger charge is 2.45. The lowest BCUT2D eigenvalue weighted by Gasteiger charge is -2.19. The molecule has 3 aromatic carbocycles. The fourth-order valence-corrected chi connectivity index (χ4v) is 5.30. The third-order valence-corrected chi connectivity index (χ3v) is 8.63. The summed E-state index contributed by atoms with van der Waals surface area (Å²) < 4.78 is 56.9. The number of benzene rings is 3. The van der Waals surface area contributed by atoms with Gasteiger partial charge in [0, 0.05) is 40.5 Å². The molecule has 2 saturated carbocycles. The van der Waals surface area contributed by atoms with Crippen LogP contribution in [0.2, 0.25) is 5.02 Å². The Bertz CT molecular complexity index is 1920. The number of nitrogens with one attached hydrogen (secondary N) is 5. The Kier molecular flexibility index (Phi) is 9.96. The molecule has 3 amide bonds. The number of anilines is 4. The summed E-state index contributed by atoms with van der Waals surface area (Å²) in [6.45, 7) is -1.19. The number of hydrogen-bond donors (Lipinski definition) is 5. The molecule has 0 aliphatic heterocycles. The molecule has 266 valence electrons. The second-order valence-electron chi connectivity index (χ2n) is 12.4. The largest absolute Gasteiger partial charge is 0.454 e. The minimum absolute atomic E-state index is 0.00512. The summed E-state index contributed by atoms with van der Waals surface area (Å²) in [6, 6.07) is 18.0. The van der Waals surface area contributed by atoms with Gasteiger partial charge in [0.1, 0.15) is 5.82 Å². The average molecular weight is 727 g/mol. The van der Waals surface area contributed by atoms with Crippen LogP contribution in [-0.4, -0.2) is 58.5 Å². The molecule has 1 aromatic heterocycles. The predicted molar refractivity (Wildman–Crippen MR) is 179 cm³/mol. The molecule has 2 fully saturated rings. The number of ether oxygens (including phenoxy) is 1. The second-order valence-corrected chi connectivity index (χ2v) is 12.9. The zero-order valence-electron chi connectivity index (χ0n) is 26.7. The molecule has 0 spiro atoms. The minimum Gasteiger partial charge on any atom is -0.454 e. The molecule has 0 saturated heterocycles. The Morgan fingerprint density at radius 1 is 0.804 bits per heavy atom. The van der Waals surface area contributed by atoms with E-state index >= 15 is 0 Å². The van der Waals surface area contributed by atoms with E-state index in [0.717, 1.165) is 37.3 Å². The lowest BCUT2D eigenvalue weighted by molar-refractivity contribution is -0.154. The van der Waals surface area contributed by atoms with Crippen LogP contribution in [0.3, 0.4) is 0 Å². The van der Waals surface area contributed by atoms with Gasteiger partial charge in [0.05, 0.1) is 5.54 Å². The van der Waals surface area contributed by atoms with Crippen molar-refractivity contribution in [2.45, 2.75) is 37.4 Å². The van der Waals surface area contributed by atoms with Crippen LogP contribution in [0.15, 0.2) is 72.8 Å². The maximum Gasteiger partial charge on any atom is 0.422 e. The van der Waals surface area contributed by atoms with Crippen LogP contribution in [0.1, 0.15) is 41.6 Å². The number of alkyl halides is 3. The van der Waals surface area contributed by atoms with Crippen molar-refractivity contribution in [1.29, 1.82) is 0 Å². The van der Waals surface area contributed by atoms with Crippen LogP contribution in [0, 0.1) is 11.2 Å². The van der Waals surface area contributed by atoms with Gasteiger partial charge < -0.3 is 31.3 Å². The maximum absolute atomic E-state index is 13.4. The van der Waals surface area contributed by atoms with Gasteiger partial charge in [0.2, 0.25) is 11.9 Å². The lowest BCUT2D eigenvalue weighted by Crippen LogP contribution is -2.42. The van der Waals surface area contributed by atoms with Gasteiger partial charge in [-0.3, -0.25) is 14.4 Å². The third kappa shape index (κ3) is 9.60. The van der Waals surface area contributed by atoms with E-state index in [1.165, 1.54) is 30.3 Å². The first-order valence-corrected chi connectivity index (χ1v) is 16.2. The van der Waals surface area contributed by atoms with E-state index in [9.17, 15) is 31.9 Å². The number of amides is 3. The van der Waals surface area contributed by atoms with Crippen molar-refractivity contribution in [2.75, 3.05) is 35.6 Å². The Hall–Kier alpha value is -5.51. The molecule has 12 nitrogen and oxygen atoms in total. The molecule has 0 atom stereocenters. The molecular formula is C34H31ClF4N8O4. The average Bonchev–Trinajstić information content (AvgIpc) is 4.03. The van der Waals surface area contributed by atoms with E-state index in [2.05, 4.69) is 41.5 Å². The second kappa shape index (κ2) is 14.4. The monoisotopic (exact) mass is 726 g/mol. The van der Waals surface area contributed by atoms with Gasteiger partial charge >= 0.3 is 24.0 Å². The zero-order chi connectivity index (χ0) is 36.2. The van der Waals surface area contributed by atoms with E-state index in [1.54, 1.807) is 24.3 Å². The van der Waals surface area contributed by atoms with Crippen LogP contribution in [-0.2, 0) is 15.1 Å². The Morgan fingerprint density at radius 2 is 1.49 bits per heavy atom. The summed E-state index contributed by atoms with van der Waals surface area (Å²) in [6.07, 6.45) is -1.70. The van der Waals surface area contributed by atoms with Crippen molar-refractivity contribution in [3.63, 3.8) is 0 Å². The molecule has 2 aliphatic rings. The van der Waals surface area contributed by atoms with Gasteiger partial charge in [0.15, 0.2) is 6.61 Å². The molecule has 0 unspecified atom stereocenters. The van der Waals surface area contributed by atoms with E-state index in [-0.39, 0.29) is 36.6 Å². The zero-order valence-corrected chi connectivity index (χ0v) is 27.5. The number of carbonyl (C=O) groups excluding carboxylic acids is 3. The Morgan fingerprint density at radius 3 is 2.14 bits per heavy atom. The SMILES string of the molecule is O=C(NCC1(CNC(=O)c2ccc(Nc3nc(NC4(c5ccc(Cl)cc5)CC4)nc(OCC(F)(F)F)n3)cc2)CC1)C(=O)Nc1cccc(F)c1. The van der Waals surface area contributed by atoms with E-state index in [1.807, 2.05) is 12.1 Å². The molecule has 0 bridgehead atoms. The van der Waals surface area contributed by atoms with Crippen molar-refractivity contribution in [3.8, 4) is 6.01 Å². The predicted octanol–water partition coefficient (Wildman–Crippen LogP) is 5.71. The van der Waals surface area contributed by atoms with Crippen LogP contribution in [0.25, 0.3) is 0 Å². The highest BCUT2D eigenvalue weighted by molar-refractivity contribution is 6.39. The Balaban J connectivity index is 1.04. The summed E-state index contributed by atoms with van der Waals surface area (Å²) in [7, 11) is 0. The van der Waals surface area contributed by atoms with Gasteiger partial charge in [-0.05, 0) is 85.8 Å².